The molecule has 1 saturated heterocycles. The number of likely N-dealkylation sites (tertiary alicyclic amines) is 1. The van der Waals surface area contributed by atoms with Crippen molar-refractivity contribution in [2.45, 2.75) is 45.6 Å². The number of H-pyrrole nitrogens is 1. The van der Waals surface area contributed by atoms with Gasteiger partial charge >= 0.3 is 0 Å². The minimum Gasteiger partial charge on any atom is -0.341 e. The van der Waals surface area contributed by atoms with Crippen LogP contribution in [0.15, 0.2) is 11.8 Å². The monoisotopic (exact) mass is 347 g/mol. The van der Waals surface area contributed by atoms with E-state index in [0.29, 0.717) is 11.1 Å². The first kappa shape index (κ1) is 16.1. The van der Waals surface area contributed by atoms with Crippen LogP contribution in [0.1, 0.15) is 58.4 Å². The zero-order chi connectivity index (χ0) is 17.6. The van der Waals surface area contributed by atoms with Gasteiger partial charge in [-0.2, -0.15) is 0 Å². The van der Waals surface area contributed by atoms with E-state index >= 15 is 0 Å². The van der Waals surface area contributed by atoms with Gasteiger partial charge in [0.25, 0.3) is 5.91 Å². The maximum absolute atomic E-state index is 12.6. The second-order valence-corrected chi connectivity index (χ2v) is 7.61. The molecular weight excluding hydrogens is 318 g/mol. The Morgan fingerprint density at radius 1 is 1.24 bits per heavy atom. The summed E-state index contributed by atoms with van der Waals surface area (Å²) in [4.78, 5) is 30.0. The Bertz CT molecular complexity index is 747. The van der Waals surface area contributed by atoms with E-state index < -0.39 is 6.04 Å². The molecule has 1 spiro atoms. The largest absolute Gasteiger partial charge is 0.341 e. The zero-order valence-electron chi connectivity index (χ0n) is 14.7. The summed E-state index contributed by atoms with van der Waals surface area (Å²) in [6.07, 6.45) is 6.79. The van der Waals surface area contributed by atoms with Crippen LogP contribution in [0.3, 0.4) is 0 Å². The fraction of sp³-hybridized carbons (Fsp3) is 0.556. The van der Waals surface area contributed by atoms with Gasteiger partial charge in [-0.1, -0.05) is 0 Å². The Kier molecular flexibility index (Phi) is 3.74. The summed E-state index contributed by atoms with van der Waals surface area (Å²) >= 11 is 0. The number of fused-ring (bicyclic) bond motifs is 1. The van der Waals surface area contributed by atoms with Crippen molar-refractivity contribution < 1.29 is 12.4 Å². The molecule has 25 heavy (non-hydrogen) atoms. The van der Waals surface area contributed by atoms with E-state index in [9.17, 15) is 9.59 Å². The SMILES string of the molecule is CC1=Cc2cc(C(=O)N[C@H](C)C(=O)N3CCC4(CC3)CC4)[nH]c2NN1.[HH].[HH]. The summed E-state index contributed by atoms with van der Waals surface area (Å²) in [5.74, 6) is 0.495. The van der Waals surface area contributed by atoms with Crippen molar-refractivity contribution in [3.63, 3.8) is 0 Å². The molecule has 3 heterocycles. The van der Waals surface area contributed by atoms with E-state index in [-0.39, 0.29) is 14.7 Å². The number of amides is 2. The number of rotatable bonds is 3. The highest BCUT2D eigenvalue weighted by molar-refractivity contribution is 5.97. The van der Waals surface area contributed by atoms with Crippen LogP contribution >= 0.6 is 0 Å². The highest BCUT2D eigenvalue weighted by atomic mass is 16.2. The van der Waals surface area contributed by atoms with Gasteiger partial charge in [0.05, 0.1) is 0 Å². The smallest absolute Gasteiger partial charge is 0.268 e. The number of hydrogen-bond acceptors (Lipinski definition) is 4. The van der Waals surface area contributed by atoms with E-state index in [1.54, 1.807) is 13.0 Å². The number of aromatic nitrogens is 1. The molecule has 3 aliphatic rings. The average molecular weight is 347 g/mol. The lowest BCUT2D eigenvalue weighted by Crippen LogP contribution is -2.49. The molecule has 1 saturated carbocycles. The Balaban J connectivity index is 0.00000131. The second kappa shape index (κ2) is 5.82. The van der Waals surface area contributed by atoms with Gasteiger partial charge in [-0.3, -0.25) is 15.0 Å². The van der Waals surface area contributed by atoms with Crippen molar-refractivity contribution in [1.82, 2.24) is 20.6 Å². The summed E-state index contributed by atoms with van der Waals surface area (Å²) in [5, 5.41) is 2.82. The molecule has 2 aliphatic heterocycles. The first-order valence-corrected chi connectivity index (χ1v) is 8.99. The van der Waals surface area contributed by atoms with E-state index in [1.807, 2.05) is 17.9 Å². The van der Waals surface area contributed by atoms with Gasteiger partial charge in [-0.05, 0) is 57.1 Å². The van der Waals surface area contributed by atoms with Crippen LogP contribution in [0.4, 0.5) is 5.82 Å². The van der Waals surface area contributed by atoms with Crippen molar-refractivity contribution >= 4 is 23.7 Å². The second-order valence-electron chi connectivity index (χ2n) is 7.61. The summed E-state index contributed by atoms with van der Waals surface area (Å²) < 4.78 is 0. The first-order chi connectivity index (χ1) is 12.0. The molecule has 7 heteroatoms. The van der Waals surface area contributed by atoms with Crippen LogP contribution in [0.5, 0.6) is 0 Å². The molecule has 0 unspecified atom stereocenters. The maximum atomic E-state index is 12.6. The lowest BCUT2D eigenvalue weighted by molar-refractivity contribution is -0.134. The first-order valence-electron chi connectivity index (χ1n) is 8.99. The van der Waals surface area contributed by atoms with Crippen molar-refractivity contribution in [3.8, 4) is 0 Å². The van der Waals surface area contributed by atoms with Crippen LogP contribution < -0.4 is 16.2 Å². The third-order valence-corrected chi connectivity index (χ3v) is 5.66. The fourth-order valence-electron chi connectivity index (χ4n) is 3.73. The number of aromatic amines is 1. The molecule has 0 bridgehead atoms. The molecule has 4 rings (SSSR count). The highest BCUT2D eigenvalue weighted by Gasteiger charge is 2.45. The Morgan fingerprint density at radius 3 is 2.64 bits per heavy atom. The predicted molar refractivity (Wildman–Crippen MR) is 99.8 cm³/mol. The van der Waals surface area contributed by atoms with Crippen LogP contribution in [-0.4, -0.2) is 40.8 Å². The maximum Gasteiger partial charge on any atom is 0.268 e. The van der Waals surface area contributed by atoms with E-state index in [1.165, 1.54) is 12.8 Å². The number of nitrogens with zero attached hydrogens (tertiary/aromatic N) is 1. The van der Waals surface area contributed by atoms with Crippen LogP contribution in [0.2, 0.25) is 0 Å². The van der Waals surface area contributed by atoms with Gasteiger partial charge < -0.3 is 20.6 Å². The molecule has 1 aromatic heterocycles. The summed E-state index contributed by atoms with van der Waals surface area (Å²) in [7, 11) is 0. The van der Waals surface area contributed by atoms with Gasteiger partial charge in [-0.25, -0.2) is 0 Å². The van der Waals surface area contributed by atoms with Crippen LogP contribution in [-0.2, 0) is 4.79 Å². The normalized spacial score (nSPS) is 21.5. The molecule has 1 aromatic rings. The van der Waals surface area contributed by atoms with Gasteiger partial charge in [-0.15, -0.1) is 0 Å². The fourth-order valence-corrected chi connectivity index (χ4v) is 3.73. The third kappa shape index (κ3) is 3.10. The van der Waals surface area contributed by atoms with Crippen LogP contribution in [0.25, 0.3) is 6.08 Å². The lowest BCUT2D eigenvalue weighted by Gasteiger charge is -2.33. The quantitative estimate of drug-likeness (QED) is 0.675. The van der Waals surface area contributed by atoms with Crippen molar-refractivity contribution in [3.05, 3.63) is 23.0 Å². The molecule has 2 fully saturated rings. The molecule has 7 nitrogen and oxygen atoms in total. The Labute approximate surface area is 150 Å². The number of anilines is 1. The molecular formula is C18H29N5O2. The summed E-state index contributed by atoms with van der Waals surface area (Å²) in [5.41, 5.74) is 8.87. The molecule has 2 amide bonds. The number of piperidine rings is 1. The molecule has 1 aliphatic carbocycles. The van der Waals surface area contributed by atoms with Crippen molar-refractivity contribution in [1.29, 1.82) is 0 Å². The third-order valence-electron chi connectivity index (χ3n) is 5.66. The average Bonchev–Trinajstić information content (AvgIpc) is 3.21. The van der Waals surface area contributed by atoms with E-state index in [4.69, 9.17) is 0 Å². The number of allylic oxidation sites excluding steroid dienone is 1. The van der Waals surface area contributed by atoms with E-state index in [0.717, 1.165) is 43.0 Å². The molecule has 4 N–H and O–H groups in total. The minimum absolute atomic E-state index is 0. The van der Waals surface area contributed by atoms with E-state index in [2.05, 4.69) is 21.2 Å². The molecule has 138 valence electrons. The van der Waals surface area contributed by atoms with Gasteiger partial charge in [0, 0.05) is 27.2 Å². The predicted octanol–water partition coefficient (Wildman–Crippen LogP) is 2.32. The standard InChI is InChI=1S/C18H25N5O2.2H2/c1-11-9-13-10-14(20-15(13)22-21-11)16(24)19-12(2)17(25)23-7-5-18(3-4-18)6-8-23;;/h9-10,12,20-22H,3-8H2,1-2H3,(H,19,24);2*1H/t12-;;/m1../s1. The molecule has 0 radical (unpaired) electrons. The number of carbonyl (C=O) groups is 2. The number of carbonyl (C=O) groups excluding carboxylic acids is 2. The highest BCUT2D eigenvalue weighted by Crippen LogP contribution is 2.53. The lowest BCUT2D eigenvalue weighted by atomic mass is 9.93. The van der Waals surface area contributed by atoms with Gasteiger partial charge in [0.1, 0.15) is 17.6 Å². The Morgan fingerprint density at radius 2 is 1.96 bits per heavy atom. The van der Waals surface area contributed by atoms with Crippen LogP contribution in [0, 0.1) is 5.41 Å². The van der Waals surface area contributed by atoms with Crippen molar-refractivity contribution in [2.75, 3.05) is 18.5 Å². The Hall–Kier alpha value is -2.44. The summed E-state index contributed by atoms with van der Waals surface area (Å²) in [6.45, 7) is 5.33. The zero-order valence-corrected chi connectivity index (χ0v) is 14.7. The topological polar surface area (TPSA) is 89.3 Å². The van der Waals surface area contributed by atoms with Gasteiger partial charge in [0.15, 0.2) is 0 Å². The number of hydrogen-bond donors (Lipinski definition) is 4. The summed E-state index contributed by atoms with van der Waals surface area (Å²) in [6, 6.07) is 1.26. The number of nitrogens with one attached hydrogen (secondary N) is 4. The minimum atomic E-state index is -0.524. The molecule has 1 atom stereocenters. The van der Waals surface area contributed by atoms with Crippen molar-refractivity contribution in [2.24, 2.45) is 5.41 Å². The number of hydrazine groups is 1. The van der Waals surface area contributed by atoms with Gasteiger partial charge in [0.2, 0.25) is 5.91 Å². The molecule has 0 aromatic carbocycles.